The number of carbonyl (C=O) groups is 3. The van der Waals surface area contributed by atoms with Gasteiger partial charge in [0.15, 0.2) is 6.10 Å². The second-order valence-electron chi connectivity index (χ2n) is 22.0. The van der Waals surface area contributed by atoms with Crippen LogP contribution in [0.25, 0.3) is 0 Å². The molecule has 81 heavy (non-hydrogen) atoms. The monoisotopic (exact) mass is 1120 g/mol. The highest BCUT2D eigenvalue weighted by Gasteiger charge is 2.19. The molecular weight excluding hydrogens is 997 g/mol. The van der Waals surface area contributed by atoms with Crippen molar-refractivity contribution in [1.82, 2.24) is 0 Å². The number of hydrogen-bond acceptors (Lipinski definition) is 6. The van der Waals surface area contributed by atoms with Gasteiger partial charge >= 0.3 is 17.9 Å². The molecule has 0 aliphatic rings. The summed E-state index contributed by atoms with van der Waals surface area (Å²) in [7, 11) is 0. The van der Waals surface area contributed by atoms with Crippen molar-refractivity contribution in [2.24, 2.45) is 0 Å². The molecule has 0 aliphatic heterocycles. The summed E-state index contributed by atoms with van der Waals surface area (Å²) in [6.07, 6.45) is 96.3. The molecule has 0 rings (SSSR count). The minimum absolute atomic E-state index is 0.103. The van der Waals surface area contributed by atoms with E-state index < -0.39 is 6.10 Å². The highest BCUT2D eigenvalue weighted by atomic mass is 16.6. The molecule has 0 saturated carbocycles. The number of hydrogen-bond donors (Lipinski definition) is 0. The predicted octanol–water partition coefficient (Wildman–Crippen LogP) is 23.3. The van der Waals surface area contributed by atoms with Crippen molar-refractivity contribution < 1.29 is 28.6 Å². The Morgan fingerprint density at radius 2 is 0.506 bits per heavy atom. The summed E-state index contributed by atoms with van der Waals surface area (Å²) in [5.41, 5.74) is 0. The number of esters is 3. The zero-order valence-corrected chi connectivity index (χ0v) is 52.8. The van der Waals surface area contributed by atoms with Crippen LogP contribution in [0.5, 0.6) is 0 Å². The lowest BCUT2D eigenvalue weighted by molar-refractivity contribution is -0.166. The third-order valence-corrected chi connectivity index (χ3v) is 14.1. The Morgan fingerprint density at radius 1 is 0.259 bits per heavy atom. The van der Waals surface area contributed by atoms with Crippen LogP contribution >= 0.6 is 0 Å². The fourth-order valence-corrected chi connectivity index (χ4v) is 9.16. The molecule has 0 heterocycles. The summed E-state index contributed by atoms with van der Waals surface area (Å²) >= 11 is 0. The predicted molar refractivity (Wildman–Crippen MR) is 353 cm³/mol. The third kappa shape index (κ3) is 66.2. The molecule has 0 radical (unpaired) electrons. The fourth-order valence-electron chi connectivity index (χ4n) is 9.16. The lowest BCUT2D eigenvalue weighted by Gasteiger charge is -2.18. The van der Waals surface area contributed by atoms with E-state index in [4.69, 9.17) is 14.2 Å². The zero-order chi connectivity index (χ0) is 58.5. The quantitative estimate of drug-likeness (QED) is 0.0261. The Labute approximate surface area is 500 Å². The van der Waals surface area contributed by atoms with Gasteiger partial charge in [-0.05, 0) is 122 Å². The normalized spacial score (nSPS) is 13.0. The smallest absolute Gasteiger partial charge is 0.306 e. The van der Waals surface area contributed by atoms with Crippen LogP contribution in [-0.2, 0) is 28.6 Å². The average molecular weight is 1120 g/mol. The molecule has 0 aliphatic carbocycles. The molecule has 0 fully saturated rings. The number of rotatable bonds is 60. The van der Waals surface area contributed by atoms with Gasteiger partial charge in [-0.3, -0.25) is 14.4 Å². The summed E-state index contributed by atoms with van der Waals surface area (Å²) in [5.74, 6) is -0.987. The first-order chi connectivity index (χ1) is 40.0. The van der Waals surface area contributed by atoms with Crippen molar-refractivity contribution >= 4 is 17.9 Å². The van der Waals surface area contributed by atoms with Gasteiger partial charge in [-0.25, -0.2) is 0 Å². The third-order valence-electron chi connectivity index (χ3n) is 14.1. The van der Waals surface area contributed by atoms with E-state index in [0.717, 1.165) is 103 Å². The minimum atomic E-state index is -0.813. The largest absolute Gasteiger partial charge is 0.462 e. The molecule has 0 aromatic rings. The molecule has 0 N–H and O–H groups in total. The number of ether oxygens (including phenoxy) is 3. The van der Waals surface area contributed by atoms with Crippen molar-refractivity contribution in [2.45, 2.75) is 309 Å². The molecular formula is C75H124O6. The molecule has 0 amide bonds. The van der Waals surface area contributed by atoms with Crippen molar-refractivity contribution in [3.63, 3.8) is 0 Å². The van der Waals surface area contributed by atoms with E-state index in [9.17, 15) is 14.4 Å². The zero-order valence-electron chi connectivity index (χ0n) is 52.8. The summed E-state index contributed by atoms with van der Waals surface area (Å²) < 4.78 is 16.9. The Hall–Kier alpha value is -4.45. The van der Waals surface area contributed by atoms with Crippen LogP contribution in [-0.4, -0.2) is 37.2 Å². The molecule has 1 unspecified atom stereocenters. The molecule has 0 spiro atoms. The standard InChI is InChI=1S/C75H124O6/c1-4-7-10-13-16-19-22-25-27-29-31-32-33-34-35-36-37-38-39-40-41-42-44-45-47-50-53-56-59-62-65-68-74(77)80-71-72(70-79-73(76)67-64-61-58-55-52-49-24-21-18-15-12-9-6-3)81-75(78)69-66-63-60-57-54-51-48-46-43-30-28-26-23-20-17-14-11-8-5-2/h7,9-10,12,16-21,25-28,31-32,34-35,49,52,58,61,72H,4-6,8,11,13-15,22-24,29-30,33,36-48,50-51,53-57,59-60,62-71H2,1-3H3/b10-7-,12-9-,19-16-,20-17-,21-18-,27-25-,28-26-,32-31-,35-34-,52-49-,61-58-. The van der Waals surface area contributed by atoms with Crippen LogP contribution < -0.4 is 0 Å². The summed E-state index contributed by atoms with van der Waals surface area (Å²) in [4.78, 5) is 38.3. The molecule has 6 nitrogen and oxygen atoms in total. The maximum atomic E-state index is 12.9. The van der Waals surface area contributed by atoms with Gasteiger partial charge in [-0.15, -0.1) is 0 Å². The van der Waals surface area contributed by atoms with E-state index in [2.05, 4.69) is 148 Å². The second kappa shape index (κ2) is 68.1. The molecule has 0 saturated heterocycles. The van der Waals surface area contributed by atoms with Crippen LogP contribution in [0.15, 0.2) is 134 Å². The van der Waals surface area contributed by atoms with E-state index in [0.29, 0.717) is 19.3 Å². The van der Waals surface area contributed by atoms with E-state index in [1.165, 1.54) is 154 Å². The lowest BCUT2D eigenvalue weighted by Crippen LogP contribution is -2.30. The van der Waals surface area contributed by atoms with Crippen LogP contribution in [0, 0.1) is 0 Å². The van der Waals surface area contributed by atoms with Crippen molar-refractivity contribution in [3.05, 3.63) is 134 Å². The SMILES string of the molecule is CC/C=C\C/C=C\C/C=C\C/C=C\C/C=C\CCCCCCCCCCCCCCCCCC(=O)OCC(COC(=O)CC/C=C\C/C=C\C/C=C\C/C=C\CC)OC(=O)CCCCCCCCCCC/C=C\C/C=C\CCCCC. The Kier molecular flexibility index (Phi) is 64.3. The van der Waals surface area contributed by atoms with Gasteiger partial charge in [-0.1, -0.05) is 296 Å². The minimum Gasteiger partial charge on any atom is -0.462 e. The molecule has 460 valence electrons. The maximum absolute atomic E-state index is 12.9. The fraction of sp³-hybridized carbons (Fsp3) is 0.667. The molecule has 0 aromatic heterocycles. The topological polar surface area (TPSA) is 78.9 Å². The van der Waals surface area contributed by atoms with Crippen LogP contribution in [0.2, 0.25) is 0 Å². The summed E-state index contributed by atoms with van der Waals surface area (Å²) in [5, 5.41) is 0. The van der Waals surface area contributed by atoms with Gasteiger partial charge in [0.1, 0.15) is 13.2 Å². The van der Waals surface area contributed by atoms with Gasteiger partial charge in [0.25, 0.3) is 0 Å². The molecule has 0 aromatic carbocycles. The Balaban J connectivity index is 4.28. The van der Waals surface area contributed by atoms with Crippen LogP contribution in [0.3, 0.4) is 0 Å². The maximum Gasteiger partial charge on any atom is 0.306 e. The highest BCUT2D eigenvalue weighted by Crippen LogP contribution is 2.16. The van der Waals surface area contributed by atoms with Crippen LogP contribution in [0.1, 0.15) is 303 Å². The number of unbranched alkanes of at least 4 members (excludes halogenated alkanes) is 27. The summed E-state index contributed by atoms with van der Waals surface area (Å²) in [6.45, 7) is 6.34. The van der Waals surface area contributed by atoms with E-state index in [1.807, 2.05) is 6.08 Å². The van der Waals surface area contributed by atoms with Crippen molar-refractivity contribution in [1.29, 1.82) is 0 Å². The average Bonchev–Trinajstić information content (AvgIpc) is 3.46. The van der Waals surface area contributed by atoms with Crippen molar-refractivity contribution in [3.8, 4) is 0 Å². The molecule has 6 heteroatoms. The second-order valence-corrected chi connectivity index (χ2v) is 22.0. The van der Waals surface area contributed by atoms with Crippen LogP contribution in [0.4, 0.5) is 0 Å². The first-order valence-corrected chi connectivity index (χ1v) is 33.7. The number of allylic oxidation sites excluding steroid dienone is 22. The van der Waals surface area contributed by atoms with E-state index in [1.54, 1.807) is 0 Å². The highest BCUT2D eigenvalue weighted by molar-refractivity contribution is 5.71. The van der Waals surface area contributed by atoms with Gasteiger partial charge in [0.05, 0.1) is 0 Å². The van der Waals surface area contributed by atoms with E-state index in [-0.39, 0.29) is 37.5 Å². The lowest BCUT2D eigenvalue weighted by atomic mass is 10.0. The first-order valence-electron chi connectivity index (χ1n) is 33.7. The van der Waals surface area contributed by atoms with Crippen molar-refractivity contribution in [2.75, 3.05) is 13.2 Å². The first kappa shape index (κ1) is 76.5. The molecule has 1 atom stereocenters. The van der Waals surface area contributed by atoms with Gasteiger partial charge in [0.2, 0.25) is 0 Å². The van der Waals surface area contributed by atoms with Gasteiger partial charge < -0.3 is 14.2 Å². The number of carbonyl (C=O) groups excluding carboxylic acids is 3. The Bertz CT molecular complexity index is 1720. The Morgan fingerprint density at radius 3 is 0.827 bits per heavy atom. The summed E-state index contributed by atoms with van der Waals surface area (Å²) in [6, 6.07) is 0. The van der Waals surface area contributed by atoms with Gasteiger partial charge in [-0.2, -0.15) is 0 Å². The van der Waals surface area contributed by atoms with Gasteiger partial charge in [0, 0.05) is 19.3 Å². The molecule has 0 bridgehead atoms. The van der Waals surface area contributed by atoms with E-state index >= 15 is 0 Å².